The molecular weight excluding hydrogens is 453 g/mol. The maximum absolute atomic E-state index is 13.1. The van der Waals surface area contributed by atoms with Crippen LogP contribution in [0.2, 0.25) is 10.0 Å². The normalized spacial score (nSPS) is 16.0. The summed E-state index contributed by atoms with van der Waals surface area (Å²) in [4.78, 5) is 19.7. The molecular formula is C23H21Cl2N3O2S. The average Bonchev–Trinajstić information content (AvgIpc) is 3.15. The number of hydrogen-bond donors (Lipinski definition) is 1. The number of anilines is 1. The lowest BCUT2D eigenvalue weighted by Crippen LogP contribution is -2.29. The molecule has 4 rings (SSSR count). The SMILES string of the molecule is CN(C)c1cc([S+]([O-])c2cc(Cl)cc(Cl)c2)ncc1C(=O)N[C@H]1CCc2ccccc21. The third-order valence-corrected chi connectivity index (χ3v) is 6.97. The maximum Gasteiger partial charge on any atom is 0.255 e. The van der Waals surface area contributed by atoms with Gasteiger partial charge in [-0.05, 0) is 30.0 Å². The number of benzene rings is 2. The van der Waals surface area contributed by atoms with Crippen molar-refractivity contribution in [1.29, 1.82) is 0 Å². The molecule has 160 valence electrons. The van der Waals surface area contributed by atoms with E-state index < -0.39 is 11.2 Å². The van der Waals surface area contributed by atoms with E-state index in [2.05, 4.69) is 22.4 Å². The predicted octanol–water partition coefficient (Wildman–Crippen LogP) is 5.04. The van der Waals surface area contributed by atoms with Crippen LogP contribution >= 0.6 is 23.2 Å². The van der Waals surface area contributed by atoms with Gasteiger partial charge in [-0.15, -0.1) is 0 Å². The highest BCUT2D eigenvalue weighted by Gasteiger charge is 2.27. The molecule has 8 heteroatoms. The lowest BCUT2D eigenvalue weighted by molar-refractivity contribution is 0.0937. The topological polar surface area (TPSA) is 68.3 Å². The Hall–Kier alpha value is -2.25. The van der Waals surface area contributed by atoms with Gasteiger partial charge in [0.2, 0.25) is 0 Å². The van der Waals surface area contributed by atoms with E-state index in [1.54, 1.807) is 24.3 Å². The van der Waals surface area contributed by atoms with E-state index in [0.29, 0.717) is 31.2 Å². The minimum Gasteiger partial charge on any atom is -0.605 e. The van der Waals surface area contributed by atoms with Crippen molar-refractivity contribution in [2.45, 2.75) is 28.8 Å². The zero-order chi connectivity index (χ0) is 22.1. The number of aryl methyl sites for hydroxylation is 1. The number of hydrogen-bond acceptors (Lipinski definition) is 4. The Morgan fingerprint density at radius 2 is 1.87 bits per heavy atom. The number of carbonyl (C=O) groups excluding carboxylic acids is 1. The van der Waals surface area contributed by atoms with Crippen molar-refractivity contribution >= 4 is 46.0 Å². The van der Waals surface area contributed by atoms with Crippen molar-refractivity contribution < 1.29 is 9.35 Å². The number of fused-ring (bicyclic) bond motifs is 1. The Labute approximate surface area is 194 Å². The number of nitrogens with zero attached hydrogens (tertiary/aromatic N) is 2. The van der Waals surface area contributed by atoms with Gasteiger partial charge in [0.1, 0.15) is 0 Å². The van der Waals surface area contributed by atoms with Gasteiger partial charge in [0.25, 0.3) is 10.9 Å². The zero-order valence-electron chi connectivity index (χ0n) is 17.1. The monoisotopic (exact) mass is 473 g/mol. The molecule has 0 spiro atoms. The summed E-state index contributed by atoms with van der Waals surface area (Å²) in [6.07, 6.45) is 3.29. The molecule has 1 N–H and O–H groups in total. The van der Waals surface area contributed by atoms with Crippen molar-refractivity contribution in [3.8, 4) is 0 Å². The van der Waals surface area contributed by atoms with E-state index in [1.165, 1.54) is 11.8 Å². The van der Waals surface area contributed by atoms with E-state index in [4.69, 9.17) is 23.2 Å². The minimum atomic E-state index is -1.59. The molecule has 31 heavy (non-hydrogen) atoms. The number of rotatable bonds is 5. The molecule has 0 saturated carbocycles. The van der Waals surface area contributed by atoms with Crippen LogP contribution in [0.5, 0.6) is 0 Å². The summed E-state index contributed by atoms with van der Waals surface area (Å²) >= 11 is 10.5. The predicted molar refractivity (Wildman–Crippen MR) is 125 cm³/mol. The molecule has 2 aromatic carbocycles. The highest BCUT2D eigenvalue weighted by molar-refractivity contribution is 7.91. The fourth-order valence-corrected chi connectivity index (χ4v) is 5.50. The lowest BCUT2D eigenvalue weighted by Gasteiger charge is -2.20. The van der Waals surface area contributed by atoms with Crippen LogP contribution in [0.3, 0.4) is 0 Å². The van der Waals surface area contributed by atoms with Crippen LogP contribution < -0.4 is 10.2 Å². The first kappa shape index (κ1) is 22.0. The number of aromatic nitrogens is 1. The summed E-state index contributed by atoms with van der Waals surface area (Å²) in [5, 5.41) is 4.25. The Morgan fingerprint density at radius 1 is 1.16 bits per heavy atom. The Kier molecular flexibility index (Phi) is 6.44. The highest BCUT2D eigenvalue weighted by atomic mass is 35.5. The van der Waals surface area contributed by atoms with Crippen LogP contribution in [-0.2, 0) is 17.6 Å². The van der Waals surface area contributed by atoms with Crippen LogP contribution in [0.25, 0.3) is 0 Å². The van der Waals surface area contributed by atoms with E-state index in [9.17, 15) is 9.35 Å². The fourth-order valence-electron chi connectivity index (χ4n) is 3.77. The lowest BCUT2D eigenvalue weighted by atomic mass is 10.1. The van der Waals surface area contributed by atoms with E-state index >= 15 is 0 Å². The smallest absolute Gasteiger partial charge is 0.255 e. The summed E-state index contributed by atoms with van der Waals surface area (Å²) in [6.45, 7) is 0. The van der Waals surface area contributed by atoms with Crippen molar-refractivity contribution in [1.82, 2.24) is 10.3 Å². The first-order chi connectivity index (χ1) is 14.8. The minimum absolute atomic E-state index is 0.0267. The first-order valence-electron chi connectivity index (χ1n) is 9.77. The second-order valence-electron chi connectivity index (χ2n) is 7.57. The van der Waals surface area contributed by atoms with Crippen molar-refractivity contribution in [3.05, 3.63) is 81.5 Å². The summed E-state index contributed by atoms with van der Waals surface area (Å²) in [5.41, 5.74) is 3.49. The molecule has 1 unspecified atom stereocenters. The van der Waals surface area contributed by atoms with Crippen molar-refractivity contribution in [3.63, 3.8) is 0 Å². The van der Waals surface area contributed by atoms with E-state index in [0.717, 1.165) is 18.4 Å². The Balaban J connectivity index is 1.61. The molecule has 0 saturated heterocycles. The second-order valence-corrected chi connectivity index (χ2v) is 9.87. The highest BCUT2D eigenvalue weighted by Crippen LogP contribution is 2.32. The molecule has 0 radical (unpaired) electrons. The number of pyridine rings is 1. The van der Waals surface area contributed by atoms with Crippen LogP contribution in [-0.4, -0.2) is 29.5 Å². The van der Waals surface area contributed by atoms with Gasteiger partial charge in [-0.1, -0.05) is 47.5 Å². The molecule has 5 nitrogen and oxygen atoms in total. The van der Waals surface area contributed by atoms with E-state index in [-0.39, 0.29) is 11.9 Å². The molecule has 3 aromatic rings. The zero-order valence-corrected chi connectivity index (χ0v) is 19.4. The van der Waals surface area contributed by atoms with Gasteiger partial charge in [0, 0.05) is 59.7 Å². The van der Waals surface area contributed by atoms with Gasteiger partial charge in [-0.2, -0.15) is 0 Å². The van der Waals surface area contributed by atoms with Gasteiger partial charge >= 0.3 is 0 Å². The number of amides is 1. The molecule has 2 atom stereocenters. The maximum atomic E-state index is 13.1. The molecule has 0 aliphatic heterocycles. The molecule has 1 aliphatic carbocycles. The third-order valence-electron chi connectivity index (χ3n) is 5.26. The summed E-state index contributed by atoms with van der Waals surface area (Å²) < 4.78 is 13.0. The quantitative estimate of drug-likeness (QED) is 0.527. The van der Waals surface area contributed by atoms with Crippen LogP contribution in [0.15, 0.2) is 64.6 Å². The first-order valence-corrected chi connectivity index (χ1v) is 11.7. The van der Waals surface area contributed by atoms with Gasteiger partial charge < -0.3 is 14.8 Å². The van der Waals surface area contributed by atoms with Crippen molar-refractivity contribution in [2.75, 3.05) is 19.0 Å². The largest absolute Gasteiger partial charge is 0.605 e. The van der Waals surface area contributed by atoms with Gasteiger partial charge in [-0.3, -0.25) is 4.79 Å². The molecule has 1 aliphatic rings. The molecule has 1 amide bonds. The Morgan fingerprint density at radius 3 is 2.58 bits per heavy atom. The number of halogens is 2. The number of nitrogens with one attached hydrogen (secondary N) is 1. The fraction of sp³-hybridized carbons (Fsp3) is 0.217. The number of carbonyl (C=O) groups is 1. The van der Waals surface area contributed by atoms with Crippen molar-refractivity contribution in [2.24, 2.45) is 0 Å². The van der Waals surface area contributed by atoms with Crippen LogP contribution in [0, 0.1) is 0 Å². The summed E-state index contributed by atoms with van der Waals surface area (Å²) in [7, 11) is 3.67. The summed E-state index contributed by atoms with van der Waals surface area (Å²) in [6, 6.07) is 14.6. The molecule has 0 bridgehead atoms. The van der Waals surface area contributed by atoms with Gasteiger partial charge in [-0.25, -0.2) is 4.98 Å². The van der Waals surface area contributed by atoms with Crippen LogP contribution in [0.1, 0.15) is 33.9 Å². The standard InChI is InChI=1S/C23H21Cl2N3O2S/c1-28(2)21-12-22(31(30)17-10-15(24)9-16(25)11-17)26-13-19(21)23(29)27-20-8-7-14-5-3-4-6-18(14)20/h3-6,9-13,20H,7-8H2,1-2H3,(H,27,29)/t20-,31?/m0/s1. The van der Waals surface area contributed by atoms with Crippen LogP contribution in [0.4, 0.5) is 5.69 Å². The second kappa shape index (κ2) is 9.09. The summed E-state index contributed by atoms with van der Waals surface area (Å²) in [5.74, 6) is -0.207. The van der Waals surface area contributed by atoms with Gasteiger partial charge in [0.15, 0.2) is 4.90 Å². The molecule has 1 aromatic heterocycles. The average molecular weight is 474 g/mol. The van der Waals surface area contributed by atoms with Gasteiger partial charge in [0.05, 0.1) is 17.3 Å². The molecule has 1 heterocycles. The molecule has 0 fully saturated rings. The third kappa shape index (κ3) is 4.67. The Bertz CT molecular complexity index is 1120. The van der Waals surface area contributed by atoms with E-state index in [1.807, 2.05) is 31.1 Å².